The van der Waals surface area contributed by atoms with Gasteiger partial charge in [-0.15, -0.1) is 0 Å². The molecule has 0 spiro atoms. The molecule has 0 fully saturated rings. The van der Waals surface area contributed by atoms with Crippen LogP contribution in [-0.2, 0) is 0 Å². The van der Waals surface area contributed by atoms with E-state index < -0.39 is 5.97 Å². The fraction of sp³-hybridized carbons (Fsp3) is 0. The summed E-state index contributed by atoms with van der Waals surface area (Å²) < 4.78 is 0. The molecule has 56 valence electrons. The van der Waals surface area contributed by atoms with Crippen LogP contribution in [0.25, 0.3) is 0 Å². The molecule has 4 nitrogen and oxygen atoms in total. The van der Waals surface area contributed by atoms with E-state index in [1.165, 1.54) is 12.3 Å². The molecule has 0 saturated heterocycles. The monoisotopic (exact) mass is 181 g/mol. The van der Waals surface area contributed by atoms with Crippen molar-refractivity contribution in [1.29, 1.82) is 0 Å². The second kappa shape index (κ2) is 4.54. The number of pyridine rings is 1. The Morgan fingerprint density at radius 1 is 1.55 bits per heavy atom. The van der Waals surface area contributed by atoms with Gasteiger partial charge in [0.2, 0.25) is 5.88 Å². The van der Waals surface area contributed by atoms with Gasteiger partial charge in [0.1, 0.15) is 0 Å². The van der Waals surface area contributed by atoms with E-state index in [0.717, 1.165) is 6.07 Å². The molecule has 1 heterocycles. The van der Waals surface area contributed by atoms with E-state index >= 15 is 0 Å². The van der Waals surface area contributed by atoms with E-state index in [1.54, 1.807) is 0 Å². The topological polar surface area (TPSA) is 70.4 Å². The third kappa shape index (κ3) is 3.05. The second-order valence-corrected chi connectivity index (χ2v) is 1.71. The minimum atomic E-state index is -1.07. The predicted octanol–water partition coefficient (Wildman–Crippen LogP) is -0.431. The molecular weight excluding hydrogens is 174 g/mol. The number of rotatable bonds is 1. The normalized spacial score (nSPS) is 8.36. The van der Waals surface area contributed by atoms with Crippen LogP contribution in [0, 0.1) is 0 Å². The van der Waals surface area contributed by atoms with Crippen molar-refractivity contribution in [2.75, 3.05) is 0 Å². The van der Waals surface area contributed by atoms with Gasteiger partial charge in [0.05, 0.1) is 5.56 Å². The number of aromatic carboxylic acids is 1. The van der Waals surface area contributed by atoms with Gasteiger partial charge in [0.25, 0.3) is 0 Å². The number of nitrogens with zero attached hydrogens (tertiary/aromatic N) is 1. The summed E-state index contributed by atoms with van der Waals surface area (Å²) in [6.45, 7) is 0. The number of hydrogen-bond acceptors (Lipinski definition) is 3. The summed E-state index contributed by atoms with van der Waals surface area (Å²) in [6.07, 6.45) is 1.23. The molecule has 5 heteroatoms. The van der Waals surface area contributed by atoms with Crippen molar-refractivity contribution in [3.05, 3.63) is 23.9 Å². The number of hydrogen-bond donors (Lipinski definition) is 2. The van der Waals surface area contributed by atoms with Gasteiger partial charge in [-0.05, 0) is 6.07 Å². The van der Waals surface area contributed by atoms with Crippen LogP contribution in [-0.4, -0.2) is 58.9 Å². The molecule has 1 aromatic heterocycles. The van der Waals surface area contributed by atoms with Crippen LogP contribution >= 0.6 is 0 Å². The number of aromatic nitrogens is 1. The van der Waals surface area contributed by atoms with Crippen LogP contribution in [0.15, 0.2) is 18.3 Å². The van der Waals surface area contributed by atoms with Gasteiger partial charge >= 0.3 is 43.7 Å². The molecule has 2 N–H and O–H groups in total. The molecule has 0 unspecified atom stereocenters. The fourth-order valence-corrected chi connectivity index (χ4v) is 0.551. The van der Waals surface area contributed by atoms with Gasteiger partial charge in [-0.25, -0.2) is 9.78 Å². The van der Waals surface area contributed by atoms with Crippen molar-refractivity contribution in [3.8, 4) is 5.88 Å². The van der Waals surface area contributed by atoms with Crippen molar-refractivity contribution in [1.82, 2.24) is 4.98 Å². The van der Waals surface area contributed by atoms with E-state index in [1.807, 2.05) is 0 Å². The van der Waals surface area contributed by atoms with Crippen molar-refractivity contribution in [3.63, 3.8) is 0 Å². The van der Waals surface area contributed by atoms with E-state index in [9.17, 15) is 4.79 Å². The van der Waals surface area contributed by atoms with Crippen LogP contribution in [0.2, 0.25) is 0 Å². The molecule has 0 amide bonds. The fourth-order valence-electron chi connectivity index (χ4n) is 0.551. The summed E-state index contributed by atoms with van der Waals surface area (Å²) in [5, 5.41) is 17.1. The molecule has 0 bridgehead atoms. The van der Waals surface area contributed by atoms with Gasteiger partial charge in [-0.2, -0.15) is 0 Å². The van der Waals surface area contributed by atoms with Crippen LogP contribution < -0.4 is 0 Å². The molecule has 1 aromatic rings. The standard InChI is InChI=1S/C6H5NO3.Ca.2H/c8-5-3-4(6(9)10)1-2-7-5;;;/h1-3H,(H,7,8)(H,9,10);;;. The minimum absolute atomic E-state index is 0. The van der Waals surface area contributed by atoms with Crippen LogP contribution in [0.4, 0.5) is 0 Å². The van der Waals surface area contributed by atoms with Gasteiger partial charge in [-0.1, -0.05) is 0 Å². The van der Waals surface area contributed by atoms with E-state index in [4.69, 9.17) is 10.2 Å². The number of carbonyl (C=O) groups is 1. The maximum absolute atomic E-state index is 10.2. The average molecular weight is 181 g/mol. The molecule has 0 aromatic carbocycles. The first-order chi connectivity index (χ1) is 4.70. The van der Waals surface area contributed by atoms with Crippen LogP contribution in [0.3, 0.4) is 0 Å². The SMILES string of the molecule is O=C(O)c1ccnc(O)c1.[CaH2]. The summed E-state index contributed by atoms with van der Waals surface area (Å²) >= 11 is 0. The second-order valence-electron chi connectivity index (χ2n) is 1.71. The summed E-state index contributed by atoms with van der Waals surface area (Å²) in [4.78, 5) is 13.6. The maximum atomic E-state index is 10.2. The molecule has 1 rings (SSSR count). The quantitative estimate of drug-likeness (QED) is 0.577. The van der Waals surface area contributed by atoms with Crippen LogP contribution in [0.5, 0.6) is 5.88 Å². The first-order valence-electron chi connectivity index (χ1n) is 2.58. The van der Waals surface area contributed by atoms with Gasteiger partial charge in [0, 0.05) is 12.3 Å². The molecule has 0 aliphatic heterocycles. The Kier molecular flexibility index (Phi) is 4.40. The third-order valence-electron chi connectivity index (χ3n) is 0.992. The van der Waals surface area contributed by atoms with Crippen molar-refractivity contribution in [2.24, 2.45) is 0 Å². The summed E-state index contributed by atoms with van der Waals surface area (Å²) in [7, 11) is 0. The molecular formula is C6H7CaNO3. The molecule has 0 aliphatic rings. The Bertz CT molecular complexity index is 264. The Morgan fingerprint density at radius 3 is 2.55 bits per heavy atom. The first kappa shape index (κ1) is 10.7. The van der Waals surface area contributed by atoms with E-state index in [0.29, 0.717) is 0 Å². The molecule has 0 radical (unpaired) electrons. The van der Waals surface area contributed by atoms with Crippen molar-refractivity contribution in [2.45, 2.75) is 0 Å². The van der Waals surface area contributed by atoms with Gasteiger partial charge in [-0.3, -0.25) is 0 Å². The number of aromatic hydroxyl groups is 1. The molecule has 11 heavy (non-hydrogen) atoms. The zero-order chi connectivity index (χ0) is 7.56. The Balaban J connectivity index is 0.000001000. The van der Waals surface area contributed by atoms with Gasteiger partial charge in [0.15, 0.2) is 0 Å². The Labute approximate surface area is 92.9 Å². The number of carboxylic acid groups (broad SMARTS) is 1. The Morgan fingerprint density at radius 2 is 2.18 bits per heavy atom. The average Bonchev–Trinajstić information content (AvgIpc) is 1.88. The predicted molar refractivity (Wildman–Crippen MR) is 41.4 cm³/mol. The van der Waals surface area contributed by atoms with Crippen LogP contribution in [0.1, 0.15) is 10.4 Å². The summed E-state index contributed by atoms with van der Waals surface area (Å²) in [5.41, 5.74) is 0.0347. The van der Waals surface area contributed by atoms with Gasteiger partial charge < -0.3 is 10.2 Å². The Hall–Kier alpha value is -0.320. The molecule has 0 aliphatic carbocycles. The van der Waals surface area contributed by atoms with Crippen molar-refractivity contribution >= 4 is 43.7 Å². The van der Waals surface area contributed by atoms with E-state index in [2.05, 4.69) is 4.98 Å². The number of carboxylic acids is 1. The first-order valence-corrected chi connectivity index (χ1v) is 2.58. The zero-order valence-corrected chi connectivity index (χ0v) is 4.98. The van der Waals surface area contributed by atoms with Crippen molar-refractivity contribution < 1.29 is 15.0 Å². The molecule has 0 saturated carbocycles. The third-order valence-corrected chi connectivity index (χ3v) is 0.992. The molecule has 0 atom stereocenters. The van der Waals surface area contributed by atoms with E-state index in [-0.39, 0.29) is 49.2 Å². The summed E-state index contributed by atoms with van der Waals surface area (Å²) in [5.74, 6) is -1.35. The zero-order valence-electron chi connectivity index (χ0n) is 4.98. The summed E-state index contributed by atoms with van der Waals surface area (Å²) in [6, 6.07) is 2.39.